The molecule has 0 unspecified atom stereocenters. The van der Waals surface area contributed by atoms with Crippen LogP contribution in [0.1, 0.15) is 54.5 Å². The third-order valence-corrected chi connectivity index (χ3v) is 6.46. The highest BCUT2D eigenvalue weighted by molar-refractivity contribution is 7.96. The van der Waals surface area contributed by atoms with E-state index in [1.807, 2.05) is 49.1 Å². The van der Waals surface area contributed by atoms with Crippen molar-refractivity contribution in [3.63, 3.8) is 0 Å². The lowest BCUT2D eigenvalue weighted by Crippen LogP contribution is -2.37. The fourth-order valence-corrected chi connectivity index (χ4v) is 4.44. The summed E-state index contributed by atoms with van der Waals surface area (Å²) in [5.41, 5.74) is 2.39. The van der Waals surface area contributed by atoms with Crippen molar-refractivity contribution in [1.82, 2.24) is 19.0 Å². The summed E-state index contributed by atoms with van der Waals surface area (Å²) in [6, 6.07) is 7.50. The normalized spacial score (nSPS) is 20.2. The van der Waals surface area contributed by atoms with Gasteiger partial charge < -0.3 is 10.0 Å². The van der Waals surface area contributed by atoms with Crippen LogP contribution in [0.4, 0.5) is 0 Å². The lowest BCUT2D eigenvalue weighted by atomic mass is 10.0. The topological polar surface area (TPSA) is 78.7 Å². The standard InChI is InChI=1S/C22H24N4O3S.C2H6/c1-15(27)20-18-14-25(30-3)11-8-19(18)26(23-20)17-6-4-5-16(13-17)7-9-22(29)10-12-24(2)21(22)28;1-2/h4-6,13,29H,8,10-12,14H2,1-3H3;1-2H3/t22-;/m0./s1. The number of carbonyl (C=O) groups excluding carboxylic acids is 2. The average molecular weight is 455 g/mol. The number of ketones is 1. The Morgan fingerprint density at radius 1 is 1.28 bits per heavy atom. The Bertz CT molecular complexity index is 1080. The summed E-state index contributed by atoms with van der Waals surface area (Å²) in [5, 5.41) is 15.1. The summed E-state index contributed by atoms with van der Waals surface area (Å²) < 4.78 is 4.05. The fourth-order valence-electron chi connectivity index (χ4n) is 3.91. The van der Waals surface area contributed by atoms with Crippen molar-refractivity contribution in [2.75, 3.05) is 26.4 Å². The number of nitrogens with zero attached hydrogens (tertiary/aromatic N) is 4. The van der Waals surface area contributed by atoms with Gasteiger partial charge in [0.15, 0.2) is 5.78 Å². The number of hydrogen-bond donors (Lipinski definition) is 1. The van der Waals surface area contributed by atoms with Crippen molar-refractivity contribution < 1.29 is 14.7 Å². The van der Waals surface area contributed by atoms with E-state index in [0.29, 0.717) is 30.8 Å². The van der Waals surface area contributed by atoms with Crippen molar-refractivity contribution in [1.29, 1.82) is 0 Å². The van der Waals surface area contributed by atoms with E-state index >= 15 is 0 Å². The number of rotatable bonds is 3. The van der Waals surface area contributed by atoms with Gasteiger partial charge in [-0.2, -0.15) is 5.10 Å². The second-order valence-electron chi connectivity index (χ2n) is 7.68. The van der Waals surface area contributed by atoms with Crippen LogP contribution >= 0.6 is 11.9 Å². The first kappa shape index (κ1) is 24.1. The van der Waals surface area contributed by atoms with Crippen molar-refractivity contribution in [2.45, 2.75) is 45.8 Å². The number of hydrogen-bond acceptors (Lipinski definition) is 6. The molecule has 0 bridgehead atoms. The van der Waals surface area contributed by atoms with E-state index in [4.69, 9.17) is 0 Å². The van der Waals surface area contributed by atoms with Crippen LogP contribution in [0.15, 0.2) is 24.3 Å². The summed E-state index contributed by atoms with van der Waals surface area (Å²) >= 11 is 1.67. The molecule has 2 aliphatic heterocycles. The first-order valence-corrected chi connectivity index (χ1v) is 12.0. The summed E-state index contributed by atoms with van der Waals surface area (Å²) in [7, 11) is 1.66. The number of aromatic nitrogens is 2. The van der Waals surface area contributed by atoms with Crippen LogP contribution in [-0.4, -0.2) is 67.8 Å². The Kier molecular flexibility index (Phi) is 7.44. The van der Waals surface area contributed by atoms with Gasteiger partial charge in [-0.3, -0.25) is 9.59 Å². The Morgan fingerprint density at radius 3 is 2.66 bits per heavy atom. The predicted molar refractivity (Wildman–Crippen MR) is 127 cm³/mol. The maximum absolute atomic E-state index is 12.2. The minimum absolute atomic E-state index is 0.0463. The molecule has 0 aliphatic carbocycles. The van der Waals surface area contributed by atoms with Gasteiger partial charge >= 0.3 is 0 Å². The highest BCUT2D eigenvalue weighted by Gasteiger charge is 2.42. The Balaban J connectivity index is 0.00000141. The van der Waals surface area contributed by atoms with Crippen LogP contribution < -0.4 is 0 Å². The summed E-state index contributed by atoms with van der Waals surface area (Å²) in [6.07, 6.45) is 3.13. The molecular weight excluding hydrogens is 424 g/mol. The van der Waals surface area contributed by atoms with Crippen molar-refractivity contribution in [3.05, 3.63) is 46.8 Å². The van der Waals surface area contributed by atoms with Crippen LogP contribution in [0.2, 0.25) is 0 Å². The molecule has 8 heteroatoms. The second kappa shape index (κ2) is 9.90. The number of likely N-dealkylation sites (tertiary alicyclic amines) is 1. The smallest absolute Gasteiger partial charge is 0.267 e. The van der Waals surface area contributed by atoms with E-state index in [0.717, 1.165) is 29.9 Å². The maximum atomic E-state index is 12.2. The molecule has 1 aromatic carbocycles. The molecule has 1 saturated heterocycles. The molecule has 2 aliphatic rings. The molecule has 1 N–H and O–H groups in total. The lowest BCUT2D eigenvalue weighted by Gasteiger charge is -2.25. The van der Waals surface area contributed by atoms with Gasteiger partial charge in [-0.15, -0.1) is 0 Å². The third-order valence-electron chi connectivity index (χ3n) is 5.63. The molecule has 1 amide bonds. The maximum Gasteiger partial charge on any atom is 0.267 e. The molecule has 0 radical (unpaired) electrons. The van der Waals surface area contributed by atoms with Gasteiger partial charge in [-0.1, -0.05) is 43.7 Å². The SMILES string of the molecule is CC.CSN1CCc2c(c(C(C)=O)nn2-c2cccc(C#C[C@]3(O)CCN(C)C3=O)c2)C1. The molecule has 170 valence electrons. The highest BCUT2D eigenvalue weighted by Crippen LogP contribution is 2.28. The number of carbonyl (C=O) groups is 2. The minimum atomic E-state index is -1.63. The second-order valence-corrected chi connectivity index (χ2v) is 8.56. The van der Waals surface area contributed by atoms with Gasteiger partial charge in [0.2, 0.25) is 5.60 Å². The zero-order valence-electron chi connectivity index (χ0n) is 19.3. The number of fused-ring (bicyclic) bond motifs is 1. The number of amides is 1. The summed E-state index contributed by atoms with van der Waals surface area (Å²) in [4.78, 5) is 25.8. The first-order valence-electron chi connectivity index (χ1n) is 10.8. The quantitative estimate of drug-likeness (QED) is 0.437. The van der Waals surface area contributed by atoms with Gasteiger partial charge in [-0.25, -0.2) is 8.99 Å². The molecule has 32 heavy (non-hydrogen) atoms. The zero-order valence-corrected chi connectivity index (χ0v) is 20.1. The van der Waals surface area contributed by atoms with E-state index in [1.165, 1.54) is 4.90 Å². The largest absolute Gasteiger partial charge is 0.369 e. The van der Waals surface area contributed by atoms with Gasteiger partial charge in [0, 0.05) is 57.6 Å². The van der Waals surface area contributed by atoms with Gasteiger partial charge in [0.05, 0.1) is 11.4 Å². The molecule has 4 rings (SSSR count). The van der Waals surface area contributed by atoms with Gasteiger partial charge in [0.1, 0.15) is 5.69 Å². The number of benzene rings is 1. The van der Waals surface area contributed by atoms with E-state index in [1.54, 1.807) is 25.9 Å². The van der Waals surface area contributed by atoms with Crippen molar-refractivity contribution in [2.24, 2.45) is 0 Å². The molecule has 1 atom stereocenters. The molecule has 1 aromatic heterocycles. The Morgan fingerprint density at radius 2 is 2.03 bits per heavy atom. The lowest BCUT2D eigenvalue weighted by molar-refractivity contribution is -0.137. The summed E-state index contributed by atoms with van der Waals surface area (Å²) in [6.45, 7) is 7.61. The zero-order chi connectivity index (χ0) is 23.5. The van der Waals surface area contributed by atoms with Crippen LogP contribution in [-0.2, 0) is 17.8 Å². The number of aliphatic hydroxyl groups is 1. The number of likely N-dealkylation sites (N-methyl/N-ethyl adjacent to an activating group) is 1. The minimum Gasteiger partial charge on any atom is -0.369 e. The van der Waals surface area contributed by atoms with Crippen LogP contribution in [0, 0.1) is 11.8 Å². The molecule has 0 saturated carbocycles. The van der Waals surface area contributed by atoms with E-state index < -0.39 is 5.60 Å². The predicted octanol–water partition coefficient (Wildman–Crippen LogP) is 2.68. The van der Waals surface area contributed by atoms with Crippen LogP contribution in [0.5, 0.6) is 0 Å². The molecule has 3 heterocycles. The molecule has 0 spiro atoms. The Labute approximate surface area is 193 Å². The van der Waals surface area contributed by atoms with Gasteiger partial charge in [0.25, 0.3) is 5.91 Å². The molecule has 2 aromatic rings. The first-order chi connectivity index (χ1) is 15.3. The summed E-state index contributed by atoms with van der Waals surface area (Å²) in [5.74, 6) is 5.29. The average Bonchev–Trinajstić information content (AvgIpc) is 3.32. The van der Waals surface area contributed by atoms with Crippen LogP contribution in [0.25, 0.3) is 5.69 Å². The molecule has 1 fully saturated rings. The van der Waals surface area contributed by atoms with Crippen molar-refractivity contribution in [3.8, 4) is 17.5 Å². The van der Waals surface area contributed by atoms with E-state index in [2.05, 4.69) is 21.2 Å². The molecule has 7 nitrogen and oxygen atoms in total. The number of Topliss-reactive ketones (excluding diaryl/α,β-unsaturated/α-hetero) is 1. The third kappa shape index (κ3) is 4.60. The monoisotopic (exact) mass is 454 g/mol. The van der Waals surface area contributed by atoms with E-state index in [-0.39, 0.29) is 11.7 Å². The van der Waals surface area contributed by atoms with E-state index in [9.17, 15) is 14.7 Å². The Hall–Kier alpha value is -2.60. The van der Waals surface area contributed by atoms with Crippen LogP contribution in [0.3, 0.4) is 0 Å². The molecular formula is C24H30N4O3S. The highest BCUT2D eigenvalue weighted by atomic mass is 32.2. The fraction of sp³-hybridized carbons (Fsp3) is 0.458. The van der Waals surface area contributed by atoms with Crippen molar-refractivity contribution >= 4 is 23.6 Å². The van der Waals surface area contributed by atoms with Gasteiger partial charge in [-0.05, 0) is 24.5 Å².